The SMILES string of the molecule is COc1ccc(NC(=O)c2cnc3c(c2)c(=O)n(C)c(=O)n3-c2ccc(OC)cc2)cc1. The van der Waals surface area contributed by atoms with Gasteiger partial charge in [0.15, 0.2) is 5.65 Å². The molecule has 0 saturated carbocycles. The fraction of sp³-hybridized carbons (Fsp3) is 0.130. The first-order valence-corrected chi connectivity index (χ1v) is 9.64. The zero-order valence-corrected chi connectivity index (χ0v) is 17.7. The number of anilines is 1. The molecule has 9 heteroatoms. The number of fused-ring (bicyclic) bond motifs is 1. The fourth-order valence-electron chi connectivity index (χ4n) is 3.27. The minimum Gasteiger partial charge on any atom is -0.497 e. The van der Waals surface area contributed by atoms with Crippen LogP contribution in [-0.4, -0.2) is 34.2 Å². The standard InChI is InChI=1S/C23H20N4O5/c1-26-22(29)19-12-14(21(28)25-15-4-8-17(31-2)9-5-15)13-24-20(19)27(23(26)30)16-6-10-18(32-3)11-7-16/h4-13H,1-3H3,(H,25,28). The molecule has 0 unspecified atom stereocenters. The Balaban J connectivity index is 1.78. The second kappa shape index (κ2) is 8.38. The first-order chi connectivity index (χ1) is 15.4. The van der Waals surface area contributed by atoms with Gasteiger partial charge in [-0.3, -0.25) is 14.2 Å². The van der Waals surface area contributed by atoms with Crippen LogP contribution in [0.2, 0.25) is 0 Å². The van der Waals surface area contributed by atoms with E-state index in [-0.39, 0.29) is 16.6 Å². The number of carbonyl (C=O) groups excluding carboxylic acids is 1. The summed E-state index contributed by atoms with van der Waals surface area (Å²) in [5.41, 5.74) is 0.331. The summed E-state index contributed by atoms with van der Waals surface area (Å²) in [4.78, 5) is 42.6. The summed E-state index contributed by atoms with van der Waals surface area (Å²) in [5, 5.41) is 2.90. The van der Waals surface area contributed by atoms with Crippen LogP contribution in [0.4, 0.5) is 5.69 Å². The van der Waals surface area contributed by atoms with Gasteiger partial charge < -0.3 is 14.8 Å². The van der Waals surface area contributed by atoms with Gasteiger partial charge >= 0.3 is 5.69 Å². The van der Waals surface area contributed by atoms with Crippen LogP contribution in [0, 0.1) is 0 Å². The van der Waals surface area contributed by atoms with Gasteiger partial charge in [0, 0.05) is 18.9 Å². The Morgan fingerprint density at radius 3 is 2.12 bits per heavy atom. The Morgan fingerprint density at radius 2 is 1.53 bits per heavy atom. The summed E-state index contributed by atoms with van der Waals surface area (Å²) in [5.74, 6) is 0.852. The van der Waals surface area contributed by atoms with Gasteiger partial charge in [-0.1, -0.05) is 0 Å². The largest absolute Gasteiger partial charge is 0.497 e. The van der Waals surface area contributed by atoms with E-state index in [1.165, 1.54) is 23.9 Å². The van der Waals surface area contributed by atoms with E-state index >= 15 is 0 Å². The van der Waals surface area contributed by atoms with Crippen molar-refractivity contribution in [3.05, 3.63) is 87.2 Å². The molecule has 32 heavy (non-hydrogen) atoms. The van der Waals surface area contributed by atoms with E-state index < -0.39 is 17.2 Å². The zero-order chi connectivity index (χ0) is 22.8. The summed E-state index contributed by atoms with van der Waals surface area (Å²) >= 11 is 0. The number of aromatic nitrogens is 3. The lowest BCUT2D eigenvalue weighted by Gasteiger charge is -2.13. The third-order valence-corrected chi connectivity index (χ3v) is 5.03. The maximum absolute atomic E-state index is 12.8. The van der Waals surface area contributed by atoms with E-state index in [0.717, 1.165) is 4.57 Å². The molecule has 4 aromatic rings. The summed E-state index contributed by atoms with van der Waals surface area (Å²) < 4.78 is 12.6. The topological polar surface area (TPSA) is 104 Å². The molecule has 9 nitrogen and oxygen atoms in total. The molecule has 0 radical (unpaired) electrons. The number of rotatable bonds is 5. The van der Waals surface area contributed by atoms with Gasteiger partial charge in [-0.05, 0) is 54.6 Å². The molecule has 0 saturated heterocycles. The molecule has 0 aliphatic carbocycles. The molecular weight excluding hydrogens is 412 g/mol. The van der Waals surface area contributed by atoms with Gasteiger partial charge in [0.25, 0.3) is 11.5 Å². The number of carbonyl (C=O) groups is 1. The van der Waals surface area contributed by atoms with Crippen molar-refractivity contribution >= 4 is 22.6 Å². The highest BCUT2D eigenvalue weighted by atomic mass is 16.5. The summed E-state index contributed by atoms with van der Waals surface area (Å²) in [6.07, 6.45) is 1.33. The van der Waals surface area contributed by atoms with E-state index in [1.54, 1.807) is 62.8 Å². The number of nitrogens with zero attached hydrogens (tertiary/aromatic N) is 3. The van der Waals surface area contributed by atoms with Crippen LogP contribution in [0.25, 0.3) is 16.7 Å². The molecule has 0 atom stereocenters. The van der Waals surface area contributed by atoms with Crippen LogP contribution < -0.4 is 26.0 Å². The van der Waals surface area contributed by atoms with Crippen LogP contribution in [-0.2, 0) is 7.05 Å². The van der Waals surface area contributed by atoms with Crippen LogP contribution in [0.15, 0.2) is 70.4 Å². The number of nitrogens with one attached hydrogen (secondary N) is 1. The van der Waals surface area contributed by atoms with Crippen LogP contribution in [0.1, 0.15) is 10.4 Å². The number of ether oxygens (including phenoxy) is 2. The Morgan fingerprint density at radius 1 is 0.938 bits per heavy atom. The van der Waals surface area contributed by atoms with Gasteiger partial charge in [-0.15, -0.1) is 0 Å². The summed E-state index contributed by atoms with van der Waals surface area (Å²) in [6.45, 7) is 0. The van der Waals surface area contributed by atoms with E-state index in [9.17, 15) is 14.4 Å². The van der Waals surface area contributed by atoms with Crippen molar-refractivity contribution in [3.8, 4) is 17.2 Å². The van der Waals surface area contributed by atoms with E-state index in [1.807, 2.05) is 0 Å². The summed E-state index contributed by atoms with van der Waals surface area (Å²) in [7, 11) is 4.48. The number of pyridine rings is 1. The van der Waals surface area contributed by atoms with Gasteiger partial charge in [0.05, 0.1) is 30.9 Å². The number of hydrogen-bond acceptors (Lipinski definition) is 6. The molecule has 0 bridgehead atoms. The molecule has 1 amide bonds. The third kappa shape index (κ3) is 3.71. The van der Waals surface area contributed by atoms with Crippen molar-refractivity contribution in [2.45, 2.75) is 0 Å². The van der Waals surface area contributed by atoms with Gasteiger partial charge in [0.2, 0.25) is 0 Å². The lowest BCUT2D eigenvalue weighted by Crippen LogP contribution is -2.38. The molecule has 1 N–H and O–H groups in total. The quantitative estimate of drug-likeness (QED) is 0.519. The number of benzene rings is 2. The lowest BCUT2D eigenvalue weighted by atomic mass is 10.2. The van der Waals surface area contributed by atoms with Gasteiger partial charge in [-0.2, -0.15) is 0 Å². The normalized spacial score (nSPS) is 10.7. The molecule has 2 aromatic heterocycles. The third-order valence-electron chi connectivity index (χ3n) is 5.03. The Labute approximate surface area is 182 Å². The average molecular weight is 432 g/mol. The lowest BCUT2D eigenvalue weighted by molar-refractivity contribution is 0.102. The van der Waals surface area contributed by atoms with E-state index in [2.05, 4.69) is 10.3 Å². The second-order valence-corrected chi connectivity index (χ2v) is 6.96. The molecule has 0 aliphatic heterocycles. The molecule has 0 aliphatic rings. The molecular formula is C23H20N4O5. The van der Waals surface area contributed by atoms with Gasteiger partial charge in [0.1, 0.15) is 11.5 Å². The minimum absolute atomic E-state index is 0.144. The predicted molar refractivity (Wildman–Crippen MR) is 120 cm³/mol. The monoisotopic (exact) mass is 432 g/mol. The highest BCUT2D eigenvalue weighted by Gasteiger charge is 2.16. The first kappa shape index (κ1) is 20.9. The van der Waals surface area contributed by atoms with Gasteiger partial charge in [-0.25, -0.2) is 14.3 Å². The predicted octanol–water partition coefficient (Wildman–Crippen LogP) is 2.35. The van der Waals surface area contributed by atoms with Crippen LogP contribution in [0.3, 0.4) is 0 Å². The Bertz CT molecular complexity index is 1420. The van der Waals surface area contributed by atoms with Crippen LogP contribution in [0.5, 0.6) is 11.5 Å². The van der Waals surface area contributed by atoms with Crippen molar-refractivity contribution in [1.29, 1.82) is 0 Å². The number of methoxy groups -OCH3 is 2. The van der Waals surface area contributed by atoms with Crippen LogP contribution >= 0.6 is 0 Å². The average Bonchev–Trinajstić information content (AvgIpc) is 2.83. The Hall–Kier alpha value is -4.40. The first-order valence-electron chi connectivity index (χ1n) is 9.64. The van der Waals surface area contributed by atoms with E-state index in [0.29, 0.717) is 22.9 Å². The Kier molecular flexibility index (Phi) is 5.46. The smallest absolute Gasteiger partial charge is 0.337 e. The minimum atomic E-state index is -0.546. The maximum atomic E-state index is 12.8. The highest BCUT2D eigenvalue weighted by molar-refractivity contribution is 6.05. The molecule has 2 aromatic carbocycles. The molecule has 0 spiro atoms. The second-order valence-electron chi connectivity index (χ2n) is 6.96. The number of amides is 1. The van der Waals surface area contributed by atoms with Crippen molar-refractivity contribution < 1.29 is 14.3 Å². The van der Waals surface area contributed by atoms with Crippen molar-refractivity contribution in [2.75, 3.05) is 19.5 Å². The van der Waals surface area contributed by atoms with Crippen molar-refractivity contribution in [2.24, 2.45) is 7.05 Å². The maximum Gasteiger partial charge on any atom is 0.337 e. The number of hydrogen-bond donors (Lipinski definition) is 1. The molecule has 4 rings (SSSR count). The molecule has 2 heterocycles. The zero-order valence-electron chi connectivity index (χ0n) is 17.7. The van der Waals surface area contributed by atoms with E-state index in [4.69, 9.17) is 9.47 Å². The fourth-order valence-corrected chi connectivity index (χ4v) is 3.27. The summed E-state index contributed by atoms with van der Waals surface area (Å²) in [6, 6.07) is 15.1. The molecule has 0 fully saturated rings. The van der Waals surface area contributed by atoms with Crippen molar-refractivity contribution in [3.63, 3.8) is 0 Å². The highest BCUT2D eigenvalue weighted by Crippen LogP contribution is 2.19. The van der Waals surface area contributed by atoms with Crippen molar-refractivity contribution in [1.82, 2.24) is 14.1 Å². The molecule has 162 valence electrons.